The highest BCUT2D eigenvalue weighted by Crippen LogP contribution is 2.32. The van der Waals surface area contributed by atoms with Crippen molar-refractivity contribution in [3.8, 4) is 0 Å². The van der Waals surface area contributed by atoms with Crippen LogP contribution >= 0.6 is 15.9 Å². The summed E-state index contributed by atoms with van der Waals surface area (Å²) in [5.41, 5.74) is 2.95. The third kappa shape index (κ3) is 1.88. The molecule has 0 fully saturated rings. The van der Waals surface area contributed by atoms with Gasteiger partial charge >= 0.3 is 0 Å². The molecule has 0 saturated carbocycles. The smallest absolute Gasteiger partial charge is 0.261 e. The molecule has 3 nitrogen and oxygen atoms in total. The highest BCUT2D eigenvalue weighted by molar-refractivity contribution is 9.10. The number of rotatable bonds is 0. The second-order valence-corrected chi connectivity index (χ2v) is 6.67. The average Bonchev–Trinajstić information content (AvgIpc) is 2.27. The molecule has 0 aliphatic heterocycles. The average molecular weight is 307 g/mol. The Hall–Kier alpha value is -1.16. The predicted octanol–water partition coefficient (Wildman–Crippen LogP) is 2.97. The van der Waals surface area contributed by atoms with Crippen LogP contribution in [0, 0.1) is 5.41 Å². The summed E-state index contributed by atoms with van der Waals surface area (Å²) < 4.78 is 2.59. The lowest BCUT2D eigenvalue weighted by Crippen LogP contribution is -2.31. The zero-order valence-electron chi connectivity index (χ0n) is 10.5. The van der Waals surface area contributed by atoms with Crippen molar-refractivity contribution in [2.24, 2.45) is 5.41 Å². The molecule has 0 atom stereocenters. The molecule has 3 rings (SSSR count). The first-order valence-electron chi connectivity index (χ1n) is 6.16. The van der Waals surface area contributed by atoms with Gasteiger partial charge in [-0.1, -0.05) is 29.8 Å². The molecule has 0 N–H and O–H groups in total. The van der Waals surface area contributed by atoms with E-state index in [4.69, 9.17) is 0 Å². The molecule has 2 aromatic heterocycles. The van der Waals surface area contributed by atoms with Crippen LogP contribution in [0.25, 0.3) is 5.65 Å². The van der Waals surface area contributed by atoms with E-state index in [-0.39, 0.29) is 11.0 Å². The van der Waals surface area contributed by atoms with E-state index in [1.165, 1.54) is 0 Å². The topological polar surface area (TPSA) is 34.4 Å². The largest absolute Gasteiger partial charge is 0.269 e. The number of aromatic nitrogens is 2. The number of fused-ring (bicyclic) bond motifs is 2. The highest BCUT2D eigenvalue weighted by atomic mass is 79.9. The van der Waals surface area contributed by atoms with E-state index in [1.54, 1.807) is 10.6 Å². The summed E-state index contributed by atoms with van der Waals surface area (Å²) >= 11 is 3.42. The Morgan fingerprint density at radius 3 is 3.00 bits per heavy atom. The molecule has 0 spiro atoms. The Morgan fingerprint density at radius 2 is 2.22 bits per heavy atom. The minimum atomic E-state index is 0.0954. The first kappa shape index (κ1) is 11.9. The van der Waals surface area contributed by atoms with Gasteiger partial charge in [0.25, 0.3) is 5.56 Å². The molecule has 0 saturated heterocycles. The summed E-state index contributed by atoms with van der Waals surface area (Å²) in [7, 11) is 0. The molecule has 2 aromatic rings. The molecule has 1 aliphatic rings. The van der Waals surface area contributed by atoms with Crippen LogP contribution in [0.5, 0.6) is 0 Å². The minimum absolute atomic E-state index is 0.0954. The molecule has 4 heteroatoms. The standard InChI is InChI=1S/C14H15BrN2O/c1-14(2)5-3-10-11(8-14)16-12-7-9(15)4-6-17(12)13(10)18/h4,6-7H,3,5,8H2,1-2H3. The molecule has 1 aliphatic carbocycles. The molecular weight excluding hydrogens is 292 g/mol. The number of hydrogen-bond donors (Lipinski definition) is 0. The van der Waals surface area contributed by atoms with Gasteiger partial charge in [0.05, 0.1) is 5.69 Å². The van der Waals surface area contributed by atoms with Crippen LogP contribution in [0.1, 0.15) is 31.5 Å². The Bertz CT molecular complexity index is 688. The summed E-state index contributed by atoms with van der Waals surface area (Å²) in [5, 5.41) is 0. The fraction of sp³-hybridized carbons (Fsp3) is 0.429. The SMILES string of the molecule is CC1(C)CCc2c(nc3cc(Br)ccn3c2=O)C1. The highest BCUT2D eigenvalue weighted by Gasteiger charge is 2.28. The lowest BCUT2D eigenvalue weighted by molar-refractivity contribution is 0.309. The maximum Gasteiger partial charge on any atom is 0.261 e. The Morgan fingerprint density at radius 1 is 1.44 bits per heavy atom. The first-order chi connectivity index (χ1) is 8.46. The second-order valence-electron chi connectivity index (χ2n) is 5.76. The zero-order chi connectivity index (χ0) is 12.9. The van der Waals surface area contributed by atoms with E-state index in [0.717, 1.165) is 40.6 Å². The first-order valence-corrected chi connectivity index (χ1v) is 6.95. The monoisotopic (exact) mass is 306 g/mol. The lowest BCUT2D eigenvalue weighted by atomic mass is 9.76. The van der Waals surface area contributed by atoms with Gasteiger partial charge in [-0.3, -0.25) is 9.20 Å². The third-order valence-corrected chi connectivity index (χ3v) is 4.16. The van der Waals surface area contributed by atoms with E-state index in [9.17, 15) is 4.79 Å². The van der Waals surface area contributed by atoms with Crippen LogP contribution in [0.3, 0.4) is 0 Å². The normalized spacial score (nSPS) is 17.7. The zero-order valence-corrected chi connectivity index (χ0v) is 12.1. The molecule has 94 valence electrons. The van der Waals surface area contributed by atoms with Crippen molar-refractivity contribution < 1.29 is 0 Å². The van der Waals surface area contributed by atoms with Crippen LogP contribution in [0.15, 0.2) is 27.6 Å². The van der Waals surface area contributed by atoms with Crippen LogP contribution in [0.2, 0.25) is 0 Å². The van der Waals surface area contributed by atoms with Crippen molar-refractivity contribution in [3.63, 3.8) is 0 Å². The molecule has 0 unspecified atom stereocenters. The minimum Gasteiger partial charge on any atom is -0.269 e. The van der Waals surface area contributed by atoms with Gasteiger partial charge in [0.2, 0.25) is 0 Å². The maximum absolute atomic E-state index is 12.4. The van der Waals surface area contributed by atoms with Crippen molar-refractivity contribution in [2.45, 2.75) is 33.1 Å². The summed E-state index contributed by atoms with van der Waals surface area (Å²) in [6.07, 6.45) is 4.57. The quantitative estimate of drug-likeness (QED) is 0.750. The Balaban J connectivity index is 2.29. The molecule has 2 heterocycles. The number of nitrogens with zero attached hydrogens (tertiary/aromatic N) is 2. The van der Waals surface area contributed by atoms with Gasteiger partial charge in [-0.15, -0.1) is 0 Å². The maximum atomic E-state index is 12.4. The fourth-order valence-corrected chi connectivity index (χ4v) is 2.92. The second kappa shape index (κ2) is 3.92. The van der Waals surface area contributed by atoms with Crippen molar-refractivity contribution >= 4 is 21.6 Å². The van der Waals surface area contributed by atoms with E-state index >= 15 is 0 Å². The van der Waals surface area contributed by atoms with Gasteiger partial charge in [0, 0.05) is 16.2 Å². The lowest BCUT2D eigenvalue weighted by Gasteiger charge is -2.30. The van der Waals surface area contributed by atoms with Crippen LogP contribution in [-0.2, 0) is 12.8 Å². The Labute approximate surface area is 114 Å². The summed E-state index contributed by atoms with van der Waals surface area (Å²) in [6, 6.07) is 3.76. The van der Waals surface area contributed by atoms with E-state index in [1.807, 2.05) is 12.1 Å². The molecule has 0 bridgehead atoms. The summed E-state index contributed by atoms with van der Waals surface area (Å²) in [5.74, 6) is 0. The van der Waals surface area contributed by atoms with E-state index in [2.05, 4.69) is 34.8 Å². The van der Waals surface area contributed by atoms with Crippen molar-refractivity contribution in [2.75, 3.05) is 0 Å². The van der Waals surface area contributed by atoms with Crippen molar-refractivity contribution in [1.29, 1.82) is 0 Å². The van der Waals surface area contributed by atoms with Crippen LogP contribution < -0.4 is 5.56 Å². The number of hydrogen-bond acceptors (Lipinski definition) is 2. The van der Waals surface area contributed by atoms with Gasteiger partial charge in [-0.25, -0.2) is 4.98 Å². The van der Waals surface area contributed by atoms with Crippen LogP contribution in [-0.4, -0.2) is 9.38 Å². The number of halogens is 1. The molecule has 18 heavy (non-hydrogen) atoms. The predicted molar refractivity (Wildman–Crippen MR) is 75.0 cm³/mol. The molecule has 0 aromatic carbocycles. The van der Waals surface area contributed by atoms with Gasteiger partial charge in [-0.2, -0.15) is 0 Å². The van der Waals surface area contributed by atoms with Crippen molar-refractivity contribution in [1.82, 2.24) is 9.38 Å². The third-order valence-electron chi connectivity index (χ3n) is 3.67. The van der Waals surface area contributed by atoms with Gasteiger partial charge in [-0.05, 0) is 36.8 Å². The summed E-state index contributed by atoms with van der Waals surface area (Å²) in [6.45, 7) is 4.47. The van der Waals surface area contributed by atoms with Gasteiger partial charge in [0.1, 0.15) is 5.65 Å². The molecular formula is C14H15BrN2O. The van der Waals surface area contributed by atoms with Crippen molar-refractivity contribution in [3.05, 3.63) is 44.4 Å². The van der Waals surface area contributed by atoms with E-state index < -0.39 is 0 Å². The summed E-state index contributed by atoms with van der Waals surface area (Å²) in [4.78, 5) is 17.1. The molecule has 0 amide bonds. The van der Waals surface area contributed by atoms with Gasteiger partial charge in [0.15, 0.2) is 0 Å². The fourth-order valence-electron chi connectivity index (χ4n) is 2.60. The Kier molecular flexibility index (Phi) is 2.59. The van der Waals surface area contributed by atoms with Gasteiger partial charge < -0.3 is 0 Å². The number of pyridine rings is 1. The van der Waals surface area contributed by atoms with Crippen LogP contribution in [0.4, 0.5) is 0 Å². The molecule has 0 radical (unpaired) electrons. The van der Waals surface area contributed by atoms with E-state index in [0.29, 0.717) is 0 Å².